The summed E-state index contributed by atoms with van der Waals surface area (Å²) >= 11 is 0. The molecule has 30 heavy (non-hydrogen) atoms. The number of para-hydroxylation sites is 2. The summed E-state index contributed by atoms with van der Waals surface area (Å²) in [4.78, 5) is 15.4. The van der Waals surface area contributed by atoms with E-state index in [-0.39, 0.29) is 11.8 Å². The average molecular weight is 416 g/mol. The molecule has 7 nitrogen and oxygen atoms in total. The van der Waals surface area contributed by atoms with Crippen molar-refractivity contribution >= 4 is 29.0 Å². The average Bonchev–Trinajstić information content (AvgIpc) is 2.72. The second-order valence-corrected chi connectivity index (χ2v) is 7.30. The van der Waals surface area contributed by atoms with Crippen LogP contribution in [0.5, 0.6) is 5.75 Å². The first-order valence-corrected chi connectivity index (χ1v) is 10.8. The molecule has 1 aromatic carbocycles. The van der Waals surface area contributed by atoms with Gasteiger partial charge >= 0.3 is 5.97 Å². The molecule has 0 atom stereocenters. The number of anilines is 4. The number of unbranched alkanes of at least 4 members (excludes halogenated alkanes) is 8. The Labute approximate surface area is 180 Å². The van der Waals surface area contributed by atoms with E-state index in [2.05, 4.69) is 11.9 Å². The van der Waals surface area contributed by atoms with Crippen LogP contribution in [0.15, 0.2) is 36.4 Å². The molecule has 0 bridgehead atoms. The maximum atomic E-state index is 11.7. The predicted octanol–water partition coefficient (Wildman–Crippen LogP) is 4.92. The number of nitrogens with two attached hydrogens (primary N) is 4. The van der Waals surface area contributed by atoms with Crippen LogP contribution in [-0.4, -0.2) is 11.0 Å². The van der Waals surface area contributed by atoms with Gasteiger partial charge in [-0.25, -0.2) is 4.98 Å². The normalized spacial score (nSPS) is 10.2. The van der Waals surface area contributed by atoms with Crippen molar-refractivity contribution in [1.29, 1.82) is 0 Å². The van der Waals surface area contributed by atoms with Crippen molar-refractivity contribution < 1.29 is 9.53 Å². The Morgan fingerprint density at radius 2 is 1.40 bits per heavy atom. The van der Waals surface area contributed by atoms with Gasteiger partial charge in [0.05, 0.1) is 11.4 Å². The molecule has 2 aromatic rings. The first-order chi connectivity index (χ1) is 14.4. The lowest BCUT2D eigenvalue weighted by molar-refractivity contribution is -0.134. The van der Waals surface area contributed by atoms with Crippen molar-refractivity contribution in [3.63, 3.8) is 0 Å². The standard InChI is InChI=1S/C18H29NO2.C5H8N4/c1-2-3-4-5-6-7-8-9-10-15-18(20)21-17-14-12-11-13-16(17)19;6-3-1-2-4(7)9-5(3)8/h11-14H,2-10,15,19H2,1H3;1-2H,6H2,(H4,7,8,9). The number of benzene rings is 1. The van der Waals surface area contributed by atoms with Crippen molar-refractivity contribution in [2.45, 2.75) is 71.1 Å². The van der Waals surface area contributed by atoms with E-state index in [1.807, 2.05) is 12.1 Å². The maximum Gasteiger partial charge on any atom is 0.311 e. The molecule has 0 radical (unpaired) electrons. The van der Waals surface area contributed by atoms with Crippen LogP contribution < -0.4 is 27.7 Å². The fraction of sp³-hybridized carbons (Fsp3) is 0.478. The fourth-order valence-corrected chi connectivity index (χ4v) is 2.83. The zero-order valence-electron chi connectivity index (χ0n) is 18.1. The zero-order valence-corrected chi connectivity index (χ0v) is 18.1. The summed E-state index contributed by atoms with van der Waals surface area (Å²) < 4.78 is 5.25. The van der Waals surface area contributed by atoms with Crippen LogP contribution in [-0.2, 0) is 4.79 Å². The molecule has 0 saturated carbocycles. The summed E-state index contributed by atoms with van der Waals surface area (Å²) in [6.45, 7) is 2.24. The van der Waals surface area contributed by atoms with E-state index in [4.69, 9.17) is 27.7 Å². The van der Waals surface area contributed by atoms with Crippen LogP contribution >= 0.6 is 0 Å². The van der Waals surface area contributed by atoms with E-state index in [9.17, 15) is 4.79 Å². The molecule has 8 N–H and O–H groups in total. The molecular formula is C23H37N5O2. The molecule has 0 amide bonds. The number of aromatic nitrogens is 1. The molecule has 0 fully saturated rings. The number of carbonyl (C=O) groups is 1. The lowest BCUT2D eigenvalue weighted by Crippen LogP contribution is -2.08. The quantitative estimate of drug-likeness (QED) is 0.176. The van der Waals surface area contributed by atoms with Gasteiger partial charge in [0, 0.05) is 6.42 Å². The molecule has 0 unspecified atom stereocenters. The molecule has 0 aliphatic heterocycles. The van der Waals surface area contributed by atoms with E-state index in [0.717, 1.165) is 12.8 Å². The number of hydrogen-bond donors (Lipinski definition) is 4. The minimum absolute atomic E-state index is 0.184. The van der Waals surface area contributed by atoms with Crippen molar-refractivity contribution in [3.8, 4) is 5.75 Å². The molecular weight excluding hydrogens is 378 g/mol. The fourth-order valence-electron chi connectivity index (χ4n) is 2.83. The summed E-state index contributed by atoms with van der Waals surface area (Å²) in [5.41, 5.74) is 22.6. The van der Waals surface area contributed by atoms with Crippen LogP contribution in [0.2, 0.25) is 0 Å². The highest BCUT2D eigenvalue weighted by Crippen LogP contribution is 2.20. The summed E-state index contributed by atoms with van der Waals surface area (Å²) in [7, 11) is 0. The van der Waals surface area contributed by atoms with E-state index in [0.29, 0.717) is 29.4 Å². The molecule has 7 heteroatoms. The second kappa shape index (κ2) is 15.0. The van der Waals surface area contributed by atoms with Crippen LogP contribution in [0.1, 0.15) is 71.1 Å². The number of nitrogens with zero attached hydrogens (tertiary/aromatic N) is 1. The van der Waals surface area contributed by atoms with Crippen molar-refractivity contribution in [3.05, 3.63) is 36.4 Å². The summed E-state index contributed by atoms with van der Waals surface area (Å²) in [6, 6.07) is 10.3. The summed E-state index contributed by atoms with van der Waals surface area (Å²) in [5, 5.41) is 0. The summed E-state index contributed by atoms with van der Waals surface area (Å²) in [5.74, 6) is 0.964. The highest BCUT2D eigenvalue weighted by Gasteiger charge is 2.06. The Hall–Kier alpha value is -2.96. The minimum atomic E-state index is -0.184. The van der Waals surface area contributed by atoms with Gasteiger partial charge in [0.2, 0.25) is 0 Å². The number of nitrogen functional groups attached to an aromatic ring is 4. The van der Waals surface area contributed by atoms with Gasteiger partial charge in [-0.3, -0.25) is 4.79 Å². The Kier molecular flexibility index (Phi) is 12.5. The topological polar surface area (TPSA) is 143 Å². The highest BCUT2D eigenvalue weighted by molar-refractivity contribution is 5.74. The van der Waals surface area contributed by atoms with Gasteiger partial charge in [-0.15, -0.1) is 0 Å². The van der Waals surface area contributed by atoms with Gasteiger partial charge in [-0.1, -0.05) is 70.4 Å². The molecule has 0 spiro atoms. The van der Waals surface area contributed by atoms with Gasteiger partial charge in [-0.05, 0) is 30.7 Å². The second-order valence-electron chi connectivity index (χ2n) is 7.30. The van der Waals surface area contributed by atoms with E-state index in [1.54, 1.807) is 24.3 Å². The SMILES string of the molecule is CCCCCCCCCCCC(=O)Oc1ccccc1N.Nc1ccc(N)c(N)n1. The van der Waals surface area contributed by atoms with Crippen LogP contribution in [0.3, 0.4) is 0 Å². The van der Waals surface area contributed by atoms with E-state index >= 15 is 0 Å². The molecule has 0 aliphatic carbocycles. The van der Waals surface area contributed by atoms with Gasteiger partial charge in [0.1, 0.15) is 11.6 Å². The number of ether oxygens (including phenoxy) is 1. The Morgan fingerprint density at radius 3 is 1.97 bits per heavy atom. The molecule has 166 valence electrons. The third kappa shape index (κ3) is 11.1. The number of pyridine rings is 1. The first kappa shape index (κ1) is 25.1. The number of esters is 1. The zero-order chi connectivity index (χ0) is 22.2. The number of hydrogen-bond acceptors (Lipinski definition) is 7. The Bertz CT molecular complexity index is 752. The van der Waals surface area contributed by atoms with Crippen molar-refractivity contribution in [2.24, 2.45) is 0 Å². The molecule has 0 aliphatic rings. The lowest BCUT2D eigenvalue weighted by Gasteiger charge is -2.06. The van der Waals surface area contributed by atoms with Gasteiger partial charge in [0.15, 0.2) is 5.75 Å². The molecule has 1 heterocycles. The van der Waals surface area contributed by atoms with Crippen molar-refractivity contribution in [1.82, 2.24) is 4.98 Å². The number of rotatable bonds is 11. The molecule has 0 saturated heterocycles. The lowest BCUT2D eigenvalue weighted by atomic mass is 10.1. The monoisotopic (exact) mass is 415 g/mol. The van der Waals surface area contributed by atoms with Crippen LogP contribution in [0.4, 0.5) is 23.0 Å². The van der Waals surface area contributed by atoms with E-state index in [1.165, 1.54) is 44.9 Å². The maximum absolute atomic E-state index is 11.7. The van der Waals surface area contributed by atoms with Gasteiger partial charge < -0.3 is 27.7 Å². The Morgan fingerprint density at radius 1 is 0.800 bits per heavy atom. The molecule has 1 aromatic heterocycles. The van der Waals surface area contributed by atoms with Crippen molar-refractivity contribution in [2.75, 3.05) is 22.9 Å². The van der Waals surface area contributed by atoms with Crippen LogP contribution in [0, 0.1) is 0 Å². The third-order valence-electron chi connectivity index (χ3n) is 4.61. The Balaban J connectivity index is 0.000000414. The number of carbonyl (C=O) groups excluding carboxylic acids is 1. The van der Waals surface area contributed by atoms with Gasteiger partial charge in [0.25, 0.3) is 0 Å². The smallest absolute Gasteiger partial charge is 0.311 e. The highest BCUT2D eigenvalue weighted by atomic mass is 16.5. The van der Waals surface area contributed by atoms with E-state index < -0.39 is 0 Å². The largest absolute Gasteiger partial charge is 0.424 e. The molecule has 2 rings (SSSR count). The van der Waals surface area contributed by atoms with Gasteiger partial charge in [-0.2, -0.15) is 0 Å². The third-order valence-corrected chi connectivity index (χ3v) is 4.61. The first-order valence-electron chi connectivity index (χ1n) is 10.8. The predicted molar refractivity (Wildman–Crippen MR) is 126 cm³/mol. The summed E-state index contributed by atoms with van der Waals surface area (Å²) in [6.07, 6.45) is 11.7. The van der Waals surface area contributed by atoms with Crippen LogP contribution in [0.25, 0.3) is 0 Å². The minimum Gasteiger partial charge on any atom is -0.424 e.